The van der Waals surface area contributed by atoms with Crippen LogP contribution >= 0.6 is 0 Å². The Morgan fingerprint density at radius 1 is 0.500 bits per heavy atom. The van der Waals surface area contributed by atoms with Crippen LogP contribution in [0.2, 0.25) is 0 Å². The highest BCUT2D eigenvalue weighted by Crippen LogP contribution is 1.66. The van der Waals surface area contributed by atoms with Crippen LogP contribution in [0.1, 0.15) is 12.8 Å². The quantitative estimate of drug-likeness (QED) is 0.237. The van der Waals surface area contributed by atoms with Crippen LogP contribution in [-0.2, 0) is 0 Å². The number of hydrogen-bond donors (Lipinski definition) is 6. The molecule has 0 bridgehead atoms. The first kappa shape index (κ1) is 18.1. The molecule has 0 aromatic carbocycles. The fraction of sp³-hybridized carbons (Fsp3) is 1.00. The van der Waals surface area contributed by atoms with E-state index in [1.54, 1.807) is 0 Å². The van der Waals surface area contributed by atoms with Crippen LogP contribution in [0.25, 0.3) is 0 Å². The Kier molecular flexibility index (Phi) is 22.9. The molecule has 6 nitrogen and oxygen atoms in total. The molecule has 16 heavy (non-hydrogen) atoms. The van der Waals surface area contributed by atoms with Gasteiger partial charge in [-0.25, -0.2) is 0 Å². The van der Waals surface area contributed by atoms with Crippen molar-refractivity contribution in [3.05, 3.63) is 0 Å². The zero-order chi connectivity index (χ0) is 12.5. The van der Waals surface area contributed by atoms with Gasteiger partial charge in [0.1, 0.15) is 0 Å². The first-order valence-electron chi connectivity index (χ1n) is 6.05. The number of nitrogens with one attached hydrogen (secondary N) is 2. The van der Waals surface area contributed by atoms with Crippen LogP contribution in [0.5, 0.6) is 0 Å². The first-order valence-corrected chi connectivity index (χ1v) is 6.05. The van der Waals surface area contributed by atoms with Gasteiger partial charge in [-0.05, 0) is 39.0 Å². The Morgan fingerprint density at radius 2 is 0.875 bits per heavy atom. The molecule has 0 aromatic rings. The van der Waals surface area contributed by atoms with Gasteiger partial charge < -0.3 is 33.6 Å². The van der Waals surface area contributed by atoms with E-state index in [9.17, 15) is 0 Å². The number of hydrogen-bond acceptors (Lipinski definition) is 6. The van der Waals surface area contributed by atoms with Gasteiger partial charge in [-0.2, -0.15) is 0 Å². The van der Waals surface area contributed by atoms with Crippen LogP contribution in [0.3, 0.4) is 0 Å². The van der Waals surface area contributed by atoms with Crippen LogP contribution in [0.15, 0.2) is 0 Å². The van der Waals surface area contributed by atoms with Gasteiger partial charge in [-0.15, -0.1) is 0 Å². The molecule has 0 spiro atoms. The molecule has 100 valence electrons. The number of rotatable bonds is 10. The van der Waals surface area contributed by atoms with Crippen molar-refractivity contribution < 1.29 is 0 Å². The van der Waals surface area contributed by atoms with Crippen LogP contribution in [0.4, 0.5) is 0 Å². The lowest BCUT2D eigenvalue weighted by molar-refractivity contribution is 0.659. The molecule has 0 heterocycles. The Morgan fingerprint density at radius 3 is 1.12 bits per heavy atom. The van der Waals surface area contributed by atoms with E-state index >= 15 is 0 Å². The average Bonchev–Trinajstić information content (AvgIpc) is 2.31. The van der Waals surface area contributed by atoms with Crippen molar-refractivity contribution in [2.24, 2.45) is 22.9 Å². The SMILES string of the molecule is NCCCNCCN.NCCCNCCN. The lowest BCUT2D eigenvalue weighted by Gasteiger charge is -1.98. The topological polar surface area (TPSA) is 128 Å². The second-order valence-corrected chi connectivity index (χ2v) is 3.36. The Balaban J connectivity index is 0. The minimum Gasteiger partial charge on any atom is -0.330 e. The standard InChI is InChI=1S/2C5H15N3/c2*6-2-1-4-8-5-3-7/h2*8H,1-7H2. The summed E-state index contributed by atoms with van der Waals surface area (Å²) in [5, 5.41) is 6.26. The molecule has 10 N–H and O–H groups in total. The summed E-state index contributed by atoms with van der Waals surface area (Å²) in [7, 11) is 0. The van der Waals surface area contributed by atoms with Crippen molar-refractivity contribution in [3.63, 3.8) is 0 Å². The Labute approximate surface area is 99.5 Å². The molecule has 0 saturated heterocycles. The summed E-state index contributed by atoms with van der Waals surface area (Å²) in [6.45, 7) is 6.74. The van der Waals surface area contributed by atoms with Gasteiger partial charge in [0, 0.05) is 26.2 Å². The second kappa shape index (κ2) is 20.2. The van der Waals surface area contributed by atoms with E-state index < -0.39 is 0 Å². The van der Waals surface area contributed by atoms with E-state index in [1.165, 1.54) is 0 Å². The molecule has 6 heteroatoms. The molecule has 0 saturated carbocycles. The molecule has 0 aliphatic carbocycles. The molecule has 0 radical (unpaired) electrons. The highest BCUT2D eigenvalue weighted by atomic mass is 14.9. The Bertz CT molecular complexity index is 77.3. The van der Waals surface area contributed by atoms with E-state index in [2.05, 4.69) is 10.6 Å². The highest BCUT2D eigenvalue weighted by Gasteiger charge is 1.81. The minimum atomic E-state index is 0.713. The average molecular weight is 234 g/mol. The van der Waals surface area contributed by atoms with Gasteiger partial charge in [-0.3, -0.25) is 0 Å². The molecule has 0 fully saturated rings. The predicted molar refractivity (Wildman–Crippen MR) is 71.2 cm³/mol. The lowest BCUT2D eigenvalue weighted by atomic mass is 10.4. The van der Waals surface area contributed by atoms with Crippen molar-refractivity contribution in [1.29, 1.82) is 0 Å². The largest absolute Gasteiger partial charge is 0.330 e. The van der Waals surface area contributed by atoms with Gasteiger partial charge in [0.05, 0.1) is 0 Å². The van der Waals surface area contributed by atoms with Crippen LogP contribution in [0, 0.1) is 0 Å². The van der Waals surface area contributed by atoms with E-state index in [1.807, 2.05) is 0 Å². The fourth-order valence-electron chi connectivity index (χ4n) is 0.908. The molecule has 0 aliphatic rings. The smallest absolute Gasteiger partial charge is 0.00745 e. The van der Waals surface area contributed by atoms with E-state index in [0.29, 0.717) is 13.1 Å². The maximum Gasteiger partial charge on any atom is 0.00745 e. The summed E-state index contributed by atoms with van der Waals surface area (Å²) in [6, 6.07) is 0. The number of nitrogens with two attached hydrogens (primary N) is 4. The van der Waals surface area contributed by atoms with Gasteiger partial charge in [-0.1, -0.05) is 0 Å². The fourth-order valence-corrected chi connectivity index (χ4v) is 0.908. The van der Waals surface area contributed by atoms with Crippen molar-refractivity contribution in [2.45, 2.75) is 12.8 Å². The van der Waals surface area contributed by atoms with E-state index in [4.69, 9.17) is 22.9 Å². The van der Waals surface area contributed by atoms with Gasteiger partial charge >= 0.3 is 0 Å². The van der Waals surface area contributed by atoms with Crippen molar-refractivity contribution in [1.82, 2.24) is 10.6 Å². The summed E-state index contributed by atoms with van der Waals surface area (Å²) in [5.41, 5.74) is 20.9. The molecule has 0 aromatic heterocycles. The molecule has 0 amide bonds. The maximum absolute atomic E-state index is 5.24. The summed E-state index contributed by atoms with van der Waals surface area (Å²) in [5.74, 6) is 0. The van der Waals surface area contributed by atoms with Crippen LogP contribution in [-0.4, -0.2) is 52.4 Å². The zero-order valence-electron chi connectivity index (χ0n) is 10.4. The predicted octanol–water partition coefficient (Wildman–Crippen LogP) is -2.23. The lowest BCUT2D eigenvalue weighted by Crippen LogP contribution is -2.24. The van der Waals surface area contributed by atoms with Gasteiger partial charge in [0.25, 0.3) is 0 Å². The van der Waals surface area contributed by atoms with Crippen LogP contribution < -0.4 is 33.6 Å². The summed E-state index contributed by atoms with van der Waals surface area (Å²) < 4.78 is 0. The molecule has 0 aliphatic heterocycles. The normalized spacial score (nSPS) is 9.75. The summed E-state index contributed by atoms with van der Waals surface area (Å²) >= 11 is 0. The molecule has 0 unspecified atom stereocenters. The molecular weight excluding hydrogens is 204 g/mol. The maximum atomic E-state index is 5.24. The minimum absolute atomic E-state index is 0.713. The first-order chi connectivity index (χ1) is 7.83. The van der Waals surface area contributed by atoms with Crippen molar-refractivity contribution in [2.75, 3.05) is 52.4 Å². The van der Waals surface area contributed by atoms with Crippen molar-refractivity contribution in [3.8, 4) is 0 Å². The molecule has 0 rings (SSSR count). The third-order valence-corrected chi connectivity index (χ3v) is 1.76. The monoisotopic (exact) mass is 234 g/mol. The summed E-state index contributed by atoms with van der Waals surface area (Å²) in [4.78, 5) is 0. The third-order valence-electron chi connectivity index (χ3n) is 1.76. The van der Waals surface area contributed by atoms with Gasteiger partial charge in [0.15, 0.2) is 0 Å². The molecular formula is C10H30N6. The molecule has 0 atom stereocenters. The van der Waals surface area contributed by atoms with Gasteiger partial charge in [0.2, 0.25) is 0 Å². The highest BCUT2D eigenvalue weighted by molar-refractivity contribution is 4.47. The summed E-state index contributed by atoms with van der Waals surface area (Å²) in [6.07, 6.45) is 2.08. The zero-order valence-corrected chi connectivity index (χ0v) is 10.4. The van der Waals surface area contributed by atoms with Crippen molar-refractivity contribution >= 4 is 0 Å². The third kappa shape index (κ3) is 23.5. The van der Waals surface area contributed by atoms with E-state index in [0.717, 1.165) is 52.1 Å². The van der Waals surface area contributed by atoms with E-state index in [-0.39, 0.29) is 0 Å². The Hall–Kier alpha value is -0.240. The second-order valence-electron chi connectivity index (χ2n) is 3.36.